The van der Waals surface area contributed by atoms with Crippen molar-refractivity contribution >= 4 is 0 Å². The highest BCUT2D eigenvalue weighted by molar-refractivity contribution is 5.10. The second-order valence-electron chi connectivity index (χ2n) is 20.3. The van der Waals surface area contributed by atoms with E-state index in [9.17, 15) is 10.2 Å². The van der Waals surface area contributed by atoms with E-state index in [2.05, 4.69) is 62.5 Å². The molecule has 0 amide bonds. The zero-order chi connectivity index (χ0) is 41.5. The van der Waals surface area contributed by atoms with E-state index in [-0.39, 0.29) is 13.0 Å². The van der Waals surface area contributed by atoms with Crippen molar-refractivity contribution < 1.29 is 15.3 Å². The van der Waals surface area contributed by atoms with E-state index in [1.807, 2.05) is 0 Å². The SMILES string of the molecule is CCCCC/C=C\C/C=C\CCCCCCCCC1(CCCCCCCC/C=C\C/C=C\CCCCC)CC2(C[C@H]3CC(CCCCC(O)(O)CCCO)C[C@H]3C2)C1. The topological polar surface area (TPSA) is 60.7 Å². The van der Waals surface area contributed by atoms with E-state index >= 15 is 0 Å². The van der Waals surface area contributed by atoms with Gasteiger partial charge in [-0.15, -0.1) is 0 Å². The molecule has 0 aromatic carbocycles. The third-order valence-corrected chi connectivity index (χ3v) is 14.8. The van der Waals surface area contributed by atoms with Gasteiger partial charge in [0, 0.05) is 19.4 Å². The van der Waals surface area contributed by atoms with Gasteiger partial charge in [0.25, 0.3) is 0 Å². The summed E-state index contributed by atoms with van der Waals surface area (Å²) in [6.07, 6.45) is 67.7. The molecule has 3 atom stereocenters. The lowest BCUT2D eigenvalue weighted by molar-refractivity contribution is -0.173. The molecule has 0 aromatic heterocycles. The van der Waals surface area contributed by atoms with Gasteiger partial charge in [0.1, 0.15) is 0 Å². The van der Waals surface area contributed by atoms with Crippen molar-refractivity contribution in [2.45, 2.75) is 264 Å². The molecule has 3 aliphatic rings. The molecule has 1 unspecified atom stereocenters. The first-order valence-corrected chi connectivity index (χ1v) is 26.0. The fourth-order valence-corrected chi connectivity index (χ4v) is 11.9. The fraction of sp³-hybridized carbons (Fsp3) is 0.855. The molecule has 336 valence electrons. The molecule has 1 spiro atoms. The van der Waals surface area contributed by atoms with Crippen LogP contribution in [0.15, 0.2) is 48.6 Å². The molecule has 0 aliphatic heterocycles. The number of hydrogen-bond acceptors (Lipinski definition) is 3. The van der Waals surface area contributed by atoms with E-state index < -0.39 is 5.79 Å². The standard InChI is InChI=1S/C55H98O3/c1-3-5-7-9-11-13-15-17-19-21-23-25-27-29-31-34-39-53(40-35-32-30-28-26-24-22-20-18-16-14-12-10-8-6-4-2)48-54(49-53)46-51-44-50(45-52(51)47-54)38-33-36-41-55(57,58)42-37-43-56/h11-14,17-20,50-52,56-58H,3-10,15-16,21-49H2,1-2H3/b13-11-,14-12-,19-17-,20-18-/t50?,51-,52+. The number of hydrogen-bond donors (Lipinski definition) is 3. The van der Waals surface area contributed by atoms with Crippen molar-refractivity contribution in [2.75, 3.05) is 6.61 Å². The number of fused-ring (bicyclic) bond motifs is 1. The van der Waals surface area contributed by atoms with E-state index in [4.69, 9.17) is 5.11 Å². The highest BCUT2D eigenvalue weighted by Gasteiger charge is 2.59. The number of allylic oxidation sites excluding steroid dienone is 8. The maximum Gasteiger partial charge on any atom is 0.162 e. The zero-order valence-corrected chi connectivity index (χ0v) is 38.8. The molecular formula is C55H98O3. The van der Waals surface area contributed by atoms with Gasteiger partial charge in [0.05, 0.1) is 0 Å². The Morgan fingerprint density at radius 1 is 0.483 bits per heavy atom. The minimum absolute atomic E-state index is 0.0311. The van der Waals surface area contributed by atoms with Gasteiger partial charge in [-0.1, -0.05) is 165 Å². The third-order valence-electron chi connectivity index (χ3n) is 14.8. The monoisotopic (exact) mass is 807 g/mol. The van der Waals surface area contributed by atoms with Crippen molar-refractivity contribution in [3.63, 3.8) is 0 Å². The summed E-state index contributed by atoms with van der Waals surface area (Å²) >= 11 is 0. The van der Waals surface area contributed by atoms with Crippen LogP contribution < -0.4 is 0 Å². The van der Waals surface area contributed by atoms with Crippen molar-refractivity contribution in [1.82, 2.24) is 0 Å². The predicted octanol–water partition coefficient (Wildman–Crippen LogP) is 16.6. The summed E-state index contributed by atoms with van der Waals surface area (Å²) in [7, 11) is 0. The quantitative estimate of drug-likeness (QED) is 0.0331. The van der Waals surface area contributed by atoms with Crippen LogP contribution in [0.5, 0.6) is 0 Å². The van der Waals surface area contributed by atoms with Crippen molar-refractivity contribution in [3.8, 4) is 0 Å². The van der Waals surface area contributed by atoms with Crippen LogP contribution in [0.2, 0.25) is 0 Å². The van der Waals surface area contributed by atoms with E-state index in [1.165, 1.54) is 186 Å². The van der Waals surface area contributed by atoms with Gasteiger partial charge in [-0.05, 0) is 157 Å². The summed E-state index contributed by atoms with van der Waals surface area (Å²) in [5.41, 5.74) is 1.33. The van der Waals surface area contributed by atoms with E-state index in [0.717, 1.165) is 43.4 Å². The summed E-state index contributed by atoms with van der Waals surface area (Å²) in [6.45, 7) is 4.58. The Kier molecular flexibility index (Phi) is 27.9. The lowest BCUT2D eigenvalue weighted by atomic mass is 9.48. The molecule has 0 bridgehead atoms. The molecular weight excluding hydrogens is 709 g/mol. The highest BCUT2D eigenvalue weighted by Crippen LogP contribution is 2.70. The number of aliphatic hydroxyl groups excluding tert-OH is 1. The van der Waals surface area contributed by atoms with E-state index in [1.54, 1.807) is 12.8 Å². The second kappa shape index (κ2) is 31.7. The Balaban J connectivity index is 1.31. The van der Waals surface area contributed by atoms with Crippen LogP contribution in [0.25, 0.3) is 0 Å². The average Bonchev–Trinajstić information content (AvgIpc) is 3.74. The number of unbranched alkanes of at least 4 members (excludes halogenated alkanes) is 19. The smallest absolute Gasteiger partial charge is 0.162 e. The maximum absolute atomic E-state index is 10.2. The minimum Gasteiger partial charge on any atom is -0.396 e. The van der Waals surface area contributed by atoms with Crippen molar-refractivity contribution in [1.29, 1.82) is 0 Å². The van der Waals surface area contributed by atoms with Crippen LogP contribution in [0.4, 0.5) is 0 Å². The Morgan fingerprint density at radius 2 is 0.897 bits per heavy atom. The molecule has 3 aliphatic carbocycles. The minimum atomic E-state index is -1.59. The Hall–Kier alpha value is -1.16. The van der Waals surface area contributed by atoms with Gasteiger partial charge in [-0.25, -0.2) is 0 Å². The molecule has 3 N–H and O–H groups in total. The lowest BCUT2D eigenvalue weighted by Gasteiger charge is -2.57. The van der Waals surface area contributed by atoms with Gasteiger partial charge in [-0.2, -0.15) is 0 Å². The molecule has 3 saturated carbocycles. The van der Waals surface area contributed by atoms with Crippen LogP contribution >= 0.6 is 0 Å². The molecule has 3 rings (SSSR count). The van der Waals surface area contributed by atoms with Crippen molar-refractivity contribution in [2.24, 2.45) is 28.6 Å². The molecule has 0 saturated heterocycles. The van der Waals surface area contributed by atoms with Crippen molar-refractivity contribution in [3.05, 3.63) is 48.6 Å². The van der Waals surface area contributed by atoms with E-state index in [0.29, 0.717) is 23.7 Å². The molecule has 3 fully saturated rings. The summed E-state index contributed by atoms with van der Waals surface area (Å²) in [6, 6.07) is 0. The van der Waals surface area contributed by atoms with Gasteiger partial charge in [0.2, 0.25) is 0 Å². The summed E-state index contributed by atoms with van der Waals surface area (Å²) < 4.78 is 0. The Morgan fingerprint density at radius 3 is 1.34 bits per heavy atom. The van der Waals surface area contributed by atoms with Gasteiger partial charge < -0.3 is 15.3 Å². The van der Waals surface area contributed by atoms with Crippen LogP contribution in [-0.4, -0.2) is 27.7 Å². The first kappa shape index (κ1) is 51.2. The molecule has 58 heavy (non-hydrogen) atoms. The third kappa shape index (κ3) is 22.6. The normalized spacial score (nSPS) is 21.5. The molecule has 3 heteroatoms. The summed E-state index contributed by atoms with van der Waals surface area (Å²) in [5.74, 6) is 1.19. The first-order chi connectivity index (χ1) is 28.3. The van der Waals surface area contributed by atoms with Crippen LogP contribution in [-0.2, 0) is 0 Å². The summed E-state index contributed by atoms with van der Waals surface area (Å²) in [5, 5.41) is 29.4. The average molecular weight is 807 g/mol. The molecule has 0 radical (unpaired) electrons. The first-order valence-electron chi connectivity index (χ1n) is 26.0. The predicted molar refractivity (Wildman–Crippen MR) is 253 cm³/mol. The Labute approximate surface area is 361 Å². The second-order valence-corrected chi connectivity index (χ2v) is 20.3. The van der Waals surface area contributed by atoms with Crippen LogP contribution in [0, 0.1) is 28.6 Å². The molecule has 0 heterocycles. The lowest BCUT2D eigenvalue weighted by Crippen LogP contribution is -2.45. The van der Waals surface area contributed by atoms with Crippen LogP contribution in [0.1, 0.15) is 258 Å². The highest BCUT2D eigenvalue weighted by atomic mass is 16.5. The molecule has 0 aromatic rings. The zero-order valence-electron chi connectivity index (χ0n) is 38.8. The summed E-state index contributed by atoms with van der Waals surface area (Å²) in [4.78, 5) is 0. The Bertz CT molecular complexity index is 1030. The fourth-order valence-electron chi connectivity index (χ4n) is 11.9. The van der Waals surface area contributed by atoms with Gasteiger partial charge >= 0.3 is 0 Å². The maximum atomic E-state index is 10.2. The largest absolute Gasteiger partial charge is 0.396 e. The van der Waals surface area contributed by atoms with Gasteiger partial charge in [0.15, 0.2) is 5.79 Å². The number of aliphatic hydroxyl groups is 3. The van der Waals surface area contributed by atoms with Crippen LogP contribution in [0.3, 0.4) is 0 Å². The van der Waals surface area contributed by atoms with Gasteiger partial charge in [-0.3, -0.25) is 0 Å². The molecule has 3 nitrogen and oxygen atoms in total. The number of rotatable bonds is 38.